The molecule has 0 aliphatic heterocycles. The standard InChI is InChI=1S/C14H18ClN5O/c1-3-9-21-14-18-12(15)17-13(19-14)20(4-2)10-11-5-7-16-8-6-11/h5-8H,3-4,9-10H2,1-2H3. The van der Waals surface area contributed by atoms with Crippen LogP contribution in [0.4, 0.5) is 5.95 Å². The van der Waals surface area contributed by atoms with Crippen LogP contribution in [0.2, 0.25) is 5.28 Å². The summed E-state index contributed by atoms with van der Waals surface area (Å²) < 4.78 is 5.44. The van der Waals surface area contributed by atoms with Gasteiger partial charge in [0.25, 0.3) is 0 Å². The highest BCUT2D eigenvalue weighted by Gasteiger charge is 2.12. The monoisotopic (exact) mass is 307 g/mol. The Kier molecular flexibility index (Phi) is 5.68. The van der Waals surface area contributed by atoms with Gasteiger partial charge in [0.15, 0.2) is 0 Å². The molecule has 2 rings (SSSR count). The summed E-state index contributed by atoms with van der Waals surface area (Å²) in [6.45, 7) is 6.02. The van der Waals surface area contributed by atoms with Gasteiger partial charge in [0, 0.05) is 25.5 Å². The highest BCUT2D eigenvalue weighted by atomic mass is 35.5. The van der Waals surface area contributed by atoms with Crippen molar-refractivity contribution in [3.63, 3.8) is 0 Å². The fraction of sp³-hybridized carbons (Fsp3) is 0.429. The van der Waals surface area contributed by atoms with Crippen LogP contribution in [0.3, 0.4) is 0 Å². The normalized spacial score (nSPS) is 10.4. The quantitative estimate of drug-likeness (QED) is 0.783. The number of aromatic nitrogens is 4. The molecule has 0 fully saturated rings. The lowest BCUT2D eigenvalue weighted by molar-refractivity contribution is 0.291. The second kappa shape index (κ2) is 7.73. The fourth-order valence-electron chi connectivity index (χ4n) is 1.75. The second-order valence-corrected chi connectivity index (χ2v) is 4.74. The Labute approximate surface area is 129 Å². The lowest BCUT2D eigenvalue weighted by Crippen LogP contribution is -2.24. The predicted molar refractivity (Wildman–Crippen MR) is 81.6 cm³/mol. The van der Waals surface area contributed by atoms with Gasteiger partial charge in [0.2, 0.25) is 11.2 Å². The van der Waals surface area contributed by atoms with Crippen molar-refractivity contribution >= 4 is 17.5 Å². The molecule has 0 aromatic carbocycles. The van der Waals surface area contributed by atoms with Crippen molar-refractivity contribution in [3.05, 3.63) is 35.4 Å². The van der Waals surface area contributed by atoms with E-state index in [9.17, 15) is 0 Å². The highest BCUT2D eigenvalue weighted by Crippen LogP contribution is 2.17. The average Bonchev–Trinajstić information content (AvgIpc) is 2.51. The van der Waals surface area contributed by atoms with Gasteiger partial charge in [0.05, 0.1) is 6.61 Å². The van der Waals surface area contributed by atoms with E-state index in [1.54, 1.807) is 12.4 Å². The SMILES string of the molecule is CCCOc1nc(Cl)nc(N(CC)Cc2ccncc2)n1. The molecule has 0 aliphatic rings. The summed E-state index contributed by atoms with van der Waals surface area (Å²) in [5, 5.41) is 0.138. The summed E-state index contributed by atoms with van der Waals surface area (Å²) in [6.07, 6.45) is 4.41. The summed E-state index contributed by atoms with van der Waals surface area (Å²) in [5.41, 5.74) is 1.12. The fourth-order valence-corrected chi connectivity index (χ4v) is 1.90. The number of rotatable bonds is 7. The van der Waals surface area contributed by atoms with Crippen molar-refractivity contribution in [2.45, 2.75) is 26.8 Å². The van der Waals surface area contributed by atoms with Gasteiger partial charge in [-0.05, 0) is 42.6 Å². The molecule has 0 N–H and O–H groups in total. The van der Waals surface area contributed by atoms with Gasteiger partial charge < -0.3 is 9.64 Å². The molecule has 0 amide bonds. The zero-order valence-corrected chi connectivity index (χ0v) is 12.9. The maximum absolute atomic E-state index is 5.95. The van der Waals surface area contributed by atoms with E-state index in [1.165, 1.54) is 0 Å². The lowest BCUT2D eigenvalue weighted by Gasteiger charge is -2.21. The number of pyridine rings is 1. The van der Waals surface area contributed by atoms with E-state index in [1.807, 2.05) is 30.9 Å². The van der Waals surface area contributed by atoms with Crippen molar-refractivity contribution in [3.8, 4) is 6.01 Å². The molecule has 0 radical (unpaired) electrons. The first-order valence-electron chi connectivity index (χ1n) is 6.91. The molecule has 7 heteroatoms. The minimum Gasteiger partial charge on any atom is -0.463 e. The van der Waals surface area contributed by atoms with E-state index in [0.717, 1.165) is 18.5 Å². The second-order valence-electron chi connectivity index (χ2n) is 4.41. The van der Waals surface area contributed by atoms with Gasteiger partial charge in [-0.3, -0.25) is 4.98 Å². The molecule has 0 aliphatic carbocycles. The Hall–Kier alpha value is -1.95. The summed E-state index contributed by atoms with van der Waals surface area (Å²) in [7, 11) is 0. The first-order chi connectivity index (χ1) is 10.2. The zero-order valence-electron chi connectivity index (χ0n) is 12.2. The van der Waals surface area contributed by atoms with Crippen molar-refractivity contribution < 1.29 is 4.74 Å². The van der Waals surface area contributed by atoms with E-state index in [2.05, 4.69) is 19.9 Å². The van der Waals surface area contributed by atoms with Crippen LogP contribution in [0.25, 0.3) is 0 Å². The van der Waals surface area contributed by atoms with Crippen LogP contribution in [0.5, 0.6) is 6.01 Å². The van der Waals surface area contributed by atoms with Gasteiger partial charge in [-0.15, -0.1) is 0 Å². The number of ether oxygens (including phenoxy) is 1. The van der Waals surface area contributed by atoms with Crippen molar-refractivity contribution in [2.24, 2.45) is 0 Å². The molecule has 0 spiro atoms. The van der Waals surface area contributed by atoms with Crippen molar-refractivity contribution in [1.29, 1.82) is 0 Å². The summed E-state index contributed by atoms with van der Waals surface area (Å²) >= 11 is 5.95. The molecule has 0 bridgehead atoms. The maximum Gasteiger partial charge on any atom is 0.322 e. The van der Waals surface area contributed by atoms with Gasteiger partial charge in [0.1, 0.15) is 0 Å². The summed E-state index contributed by atoms with van der Waals surface area (Å²) in [4.78, 5) is 18.5. The Morgan fingerprint density at radius 1 is 1.14 bits per heavy atom. The third-order valence-electron chi connectivity index (χ3n) is 2.80. The minimum absolute atomic E-state index is 0.138. The molecule has 0 saturated heterocycles. The lowest BCUT2D eigenvalue weighted by atomic mass is 10.2. The van der Waals surface area contributed by atoms with Crippen LogP contribution in [-0.2, 0) is 6.54 Å². The van der Waals surface area contributed by atoms with Gasteiger partial charge in [-0.2, -0.15) is 15.0 Å². The molecular formula is C14H18ClN5O. The third kappa shape index (κ3) is 4.53. The van der Waals surface area contributed by atoms with Crippen LogP contribution in [0.15, 0.2) is 24.5 Å². The third-order valence-corrected chi connectivity index (χ3v) is 2.97. The molecule has 112 valence electrons. The number of anilines is 1. The Balaban J connectivity index is 2.19. The molecule has 0 saturated carbocycles. The van der Waals surface area contributed by atoms with Crippen LogP contribution in [0, 0.1) is 0 Å². The van der Waals surface area contributed by atoms with Gasteiger partial charge >= 0.3 is 6.01 Å². The molecule has 6 nitrogen and oxygen atoms in total. The van der Waals surface area contributed by atoms with Gasteiger partial charge in [-0.25, -0.2) is 0 Å². The number of halogens is 1. The predicted octanol–water partition coefficient (Wildman–Crippen LogP) is 2.74. The Morgan fingerprint density at radius 3 is 2.57 bits per heavy atom. The summed E-state index contributed by atoms with van der Waals surface area (Å²) in [6, 6.07) is 4.18. The molecule has 21 heavy (non-hydrogen) atoms. The van der Waals surface area contributed by atoms with E-state index in [0.29, 0.717) is 19.1 Å². The van der Waals surface area contributed by atoms with E-state index in [-0.39, 0.29) is 11.3 Å². The smallest absolute Gasteiger partial charge is 0.322 e. The van der Waals surface area contributed by atoms with Crippen LogP contribution < -0.4 is 9.64 Å². The molecular weight excluding hydrogens is 290 g/mol. The Bertz CT molecular complexity index is 567. The maximum atomic E-state index is 5.95. The molecule has 0 unspecified atom stereocenters. The topological polar surface area (TPSA) is 64.0 Å². The highest BCUT2D eigenvalue weighted by molar-refractivity contribution is 6.28. The van der Waals surface area contributed by atoms with Crippen molar-refractivity contribution in [1.82, 2.24) is 19.9 Å². The van der Waals surface area contributed by atoms with Crippen LogP contribution in [-0.4, -0.2) is 33.1 Å². The first kappa shape index (κ1) is 15.4. The average molecular weight is 308 g/mol. The van der Waals surface area contributed by atoms with E-state index < -0.39 is 0 Å². The largest absolute Gasteiger partial charge is 0.463 e. The molecule has 0 atom stereocenters. The number of hydrogen-bond acceptors (Lipinski definition) is 6. The van der Waals surface area contributed by atoms with E-state index >= 15 is 0 Å². The van der Waals surface area contributed by atoms with Gasteiger partial charge in [-0.1, -0.05) is 6.92 Å². The van der Waals surface area contributed by atoms with E-state index in [4.69, 9.17) is 16.3 Å². The minimum atomic E-state index is 0.138. The van der Waals surface area contributed by atoms with Crippen molar-refractivity contribution in [2.75, 3.05) is 18.1 Å². The zero-order chi connectivity index (χ0) is 15.1. The number of hydrogen-bond donors (Lipinski definition) is 0. The summed E-state index contributed by atoms with van der Waals surface area (Å²) in [5.74, 6) is 0.514. The molecule has 2 aromatic rings. The molecule has 2 heterocycles. The molecule has 2 aromatic heterocycles. The van der Waals surface area contributed by atoms with Crippen LogP contribution >= 0.6 is 11.6 Å². The Morgan fingerprint density at radius 2 is 1.90 bits per heavy atom. The number of nitrogens with zero attached hydrogens (tertiary/aromatic N) is 5. The first-order valence-corrected chi connectivity index (χ1v) is 7.29. The van der Waals surface area contributed by atoms with Crippen LogP contribution in [0.1, 0.15) is 25.8 Å².